The Kier molecular flexibility index (Phi) is 1.30. The molecule has 0 radical (unpaired) electrons. The molecule has 0 bridgehead atoms. The van der Waals surface area contributed by atoms with Gasteiger partial charge in [0.1, 0.15) is 6.33 Å². The third kappa shape index (κ3) is 0.833. The van der Waals surface area contributed by atoms with Gasteiger partial charge in [-0.2, -0.15) is 0 Å². The number of rotatable bonds is 0. The van der Waals surface area contributed by atoms with Crippen molar-refractivity contribution in [3.8, 4) is 0 Å². The molecule has 5 nitrogen and oxygen atoms in total. The van der Waals surface area contributed by atoms with Crippen molar-refractivity contribution in [1.29, 1.82) is 0 Å². The SMILES string of the molecule is O=C(O)n1cnc2ncccc21. The fraction of sp³-hybridized carbons (Fsp3) is 0. The van der Waals surface area contributed by atoms with E-state index in [9.17, 15) is 4.79 Å². The third-order valence-corrected chi connectivity index (χ3v) is 1.53. The number of pyridine rings is 1. The quantitative estimate of drug-likeness (QED) is 0.628. The second-order valence-electron chi connectivity index (χ2n) is 2.24. The molecule has 0 atom stereocenters. The van der Waals surface area contributed by atoms with E-state index >= 15 is 0 Å². The Morgan fingerprint density at radius 3 is 3.08 bits per heavy atom. The summed E-state index contributed by atoms with van der Waals surface area (Å²) in [6, 6.07) is 3.33. The molecule has 5 heteroatoms. The first-order chi connectivity index (χ1) is 5.79. The summed E-state index contributed by atoms with van der Waals surface area (Å²) in [5, 5.41) is 8.67. The molecule has 0 saturated heterocycles. The average molecular weight is 163 g/mol. The maximum Gasteiger partial charge on any atom is 0.417 e. The van der Waals surface area contributed by atoms with E-state index in [1.54, 1.807) is 18.3 Å². The molecule has 0 aliphatic carbocycles. The highest BCUT2D eigenvalue weighted by Gasteiger charge is 2.06. The smallest absolute Gasteiger partial charge is 0.417 e. The number of hydrogen-bond acceptors (Lipinski definition) is 3. The molecule has 2 rings (SSSR count). The number of carbonyl (C=O) groups is 1. The van der Waals surface area contributed by atoms with Gasteiger partial charge in [-0.15, -0.1) is 0 Å². The summed E-state index contributed by atoms with van der Waals surface area (Å²) in [5.41, 5.74) is 0.949. The van der Waals surface area contributed by atoms with Crippen LogP contribution in [0.4, 0.5) is 4.79 Å². The molecule has 0 aliphatic heterocycles. The van der Waals surface area contributed by atoms with Crippen molar-refractivity contribution in [1.82, 2.24) is 14.5 Å². The summed E-state index contributed by atoms with van der Waals surface area (Å²) in [4.78, 5) is 18.3. The number of carboxylic acid groups (broad SMARTS) is 1. The number of aromatic nitrogens is 3. The van der Waals surface area contributed by atoms with Gasteiger partial charge >= 0.3 is 6.09 Å². The number of hydrogen-bond donors (Lipinski definition) is 1. The topological polar surface area (TPSA) is 68.0 Å². The van der Waals surface area contributed by atoms with E-state index in [2.05, 4.69) is 9.97 Å². The Hall–Kier alpha value is -1.91. The van der Waals surface area contributed by atoms with E-state index < -0.39 is 6.09 Å². The van der Waals surface area contributed by atoms with Crippen LogP contribution in [0.15, 0.2) is 24.7 Å². The van der Waals surface area contributed by atoms with Gasteiger partial charge in [0.15, 0.2) is 5.65 Å². The van der Waals surface area contributed by atoms with E-state index in [1.165, 1.54) is 6.33 Å². The van der Waals surface area contributed by atoms with Crippen molar-refractivity contribution in [2.75, 3.05) is 0 Å². The van der Waals surface area contributed by atoms with Gasteiger partial charge in [0.05, 0.1) is 5.52 Å². The highest BCUT2D eigenvalue weighted by molar-refractivity contribution is 5.83. The lowest BCUT2D eigenvalue weighted by Gasteiger charge is -1.92. The Morgan fingerprint density at radius 1 is 1.50 bits per heavy atom. The minimum atomic E-state index is -1.05. The molecule has 2 aromatic heterocycles. The minimum Gasteiger partial charge on any atom is -0.464 e. The van der Waals surface area contributed by atoms with Crippen LogP contribution in [0.1, 0.15) is 0 Å². The Bertz CT molecular complexity index is 435. The summed E-state index contributed by atoms with van der Waals surface area (Å²) in [5.74, 6) is 0. The normalized spacial score (nSPS) is 10.3. The Morgan fingerprint density at radius 2 is 2.33 bits per heavy atom. The van der Waals surface area contributed by atoms with Gasteiger partial charge in [0.2, 0.25) is 0 Å². The van der Waals surface area contributed by atoms with Gasteiger partial charge in [-0.25, -0.2) is 19.3 Å². The summed E-state index contributed by atoms with van der Waals surface area (Å²) in [6.45, 7) is 0. The molecule has 2 heterocycles. The van der Waals surface area contributed by atoms with E-state index in [1.807, 2.05) is 0 Å². The molecule has 60 valence electrons. The molecule has 0 amide bonds. The van der Waals surface area contributed by atoms with Gasteiger partial charge in [0, 0.05) is 6.20 Å². The van der Waals surface area contributed by atoms with Crippen molar-refractivity contribution < 1.29 is 9.90 Å². The molecular weight excluding hydrogens is 158 g/mol. The minimum absolute atomic E-state index is 0.444. The standard InChI is InChI=1S/C7H5N3O2/c11-7(12)10-4-9-6-5(10)2-1-3-8-6/h1-4H,(H,11,12). The zero-order valence-electron chi connectivity index (χ0n) is 6.01. The van der Waals surface area contributed by atoms with Crippen LogP contribution in [0.2, 0.25) is 0 Å². The van der Waals surface area contributed by atoms with Crippen molar-refractivity contribution in [2.24, 2.45) is 0 Å². The van der Waals surface area contributed by atoms with Gasteiger partial charge in [-0.3, -0.25) is 0 Å². The first kappa shape index (κ1) is 6.78. The van der Waals surface area contributed by atoms with Crippen LogP contribution in [-0.2, 0) is 0 Å². The Balaban J connectivity index is 2.79. The highest BCUT2D eigenvalue weighted by atomic mass is 16.4. The fourth-order valence-corrected chi connectivity index (χ4v) is 1.00. The van der Waals surface area contributed by atoms with Crippen LogP contribution in [0, 0.1) is 0 Å². The number of imidazole rings is 1. The summed E-state index contributed by atoms with van der Waals surface area (Å²) in [7, 11) is 0. The van der Waals surface area contributed by atoms with Gasteiger partial charge in [0.25, 0.3) is 0 Å². The molecule has 0 aliphatic rings. The van der Waals surface area contributed by atoms with Crippen molar-refractivity contribution in [3.05, 3.63) is 24.7 Å². The van der Waals surface area contributed by atoms with Crippen LogP contribution in [-0.4, -0.2) is 25.7 Å². The fourth-order valence-electron chi connectivity index (χ4n) is 1.00. The second-order valence-corrected chi connectivity index (χ2v) is 2.24. The second kappa shape index (κ2) is 2.30. The van der Waals surface area contributed by atoms with E-state index in [0.717, 1.165) is 4.57 Å². The molecule has 0 unspecified atom stereocenters. The lowest BCUT2D eigenvalue weighted by molar-refractivity contribution is 0.197. The van der Waals surface area contributed by atoms with Crippen LogP contribution < -0.4 is 0 Å². The van der Waals surface area contributed by atoms with Gasteiger partial charge in [-0.1, -0.05) is 0 Å². The Labute approximate surface area is 67.3 Å². The number of nitrogens with zero attached hydrogens (tertiary/aromatic N) is 3. The molecule has 0 fully saturated rings. The van der Waals surface area contributed by atoms with Crippen molar-refractivity contribution in [2.45, 2.75) is 0 Å². The molecule has 0 aromatic carbocycles. The van der Waals surface area contributed by atoms with Crippen LogP contribution in [0.3, 0.4) is 0 Å². The largest absolute Gasteiger partial charge is 0.464 e. The van der Waals surface area contributed by atoms with E-state index in [4.69, 9.17) is 5.11 Å². The zero-order chi connectivity index (χ0) is 8.55. The predicted octanol–water partition coefficient (Wildman–Crippen LogP) is 0.957. The molecule has 2 aromatic rings. The lowest BCUT2D eigenvalue weighted by atomic mass is 10.4. The zero-order valence-corrected chi connectivity index (χ0v) is 6.01. The molecule has 1 N–H and O–H groups in total. The van der Waals surface area contributed by atoms with Gasteiger partial charge < -0.3 is 5.11 Å². The lowest BCUT2D eigenvalue weighted by Crippen LogP contribution is -2.05. The van der Waals surface area contributed by atoms with Crippen LogP contribution >= 0.6 is 0 Å². The summed E-state index contributed by atoms with van der Waals surface area (Å²) < 4.78 is 1.03. The number of fused-ring (bicyclic) bond motifs is 1. The summed E-state index contributed by atoms with van der Waals surface area (Å²) >= 11 is 0. The van der Waals surface area contributed by atoms with Gasteiger partial charge in [-0.05, 0) is 12.1 Å². The first-order valence-electron chi connectivity index (χ1n) is 3.30. The van der Waals surface area contributed by atoms with Crippen molar-refractivity contribution in [3.63, 3.8) is 0 Å². The predicted molar refractivity (Wildman–Crippen MR) is 41.0 cm³/mol. The first-order valence-corrected chi connectivity index (χ1v) is 3.30. The average Bonchev–Trinajstić information content (AvgIpc) is 2.47. The summed E-state index contributed by atoms with van der Waals surface area (Å²) in [6.07, 6.45) is 1.76. The highest BCUT2D eigenvalue weighted by Crippen LogP contribution is 2.07. The maximum atomic E-state index is 10.6. The van der Waals surface area contributed by atoms with E-state index in [0.29, 0.717) is 11.2 Å². The molecule has 0 spiro atoms. The van der Waals surface area contributed by atoms with E-state index in [-0.39, 0.29) is 0 Å². The van der Waals surface area contributed by atoms with Crippen molar-refractivity contribution >= 4 is 17.3 Å². The molecular formula is C7H5N3O2. The monoisotopic (exact) mass is 163 g/mol. The molecule has 12 heavy (non-hydrogen) atoms. The third-order valence-electron chi connectivity index (χ3n) is 1.53. The molecule has 0 saturated carbocycles. The van der Waals surface area contributed by atoms with Crippen LogP contribution in [0.5, 0.6) is 0 Å². The van der Waals surface area contributed by atoms with Crippen LogP contribution in [0.25, 0.3) is 11.2 Å². The maximum absolute atomic E-state index is 10.6.